The summed E-state index contributed by atoms with van der Waals surface area (Å²) in [5.74, 6) is -1.44. The highest BCUT2D eigenvalue weighted by molar-refractivity contribution is 6.31. The van der Waals surface area contributed by atoms with Crippen LogP contribution in [0.15, 0.2) is 24.3 Å². The van der Waals surface area contributed by atoms with E-state index in [2.05, 4.69) is 0 Å². The van der Waals surface area contributed by atoms with Crippen LogP contribution in [0.2, 0.25) is 5.02 Å². The lowest BCUT2D eigenvalue weighted by Gasteiger charge is -2.27. The third-order valence-corrected chi connectivity index (χ3v) is 2.63. The number of aliphatic carboxylic acids is 1. The molecule has 82 valence electrons. The first-order valence-electron chi connectivity index (χ1n) is 4.32. The Morgan fingerprint density at radius 1 is 1.60 bits per heavy atom. The van der Waals surface area contributed by atoms with Gasteiger partial charge in [-0.3, -0.25) is 0 Å². The molecule has 3 N–H and O–H groups in total. The van der Waals surface area contributed by atoms with Crippen LogP contribution < -0.4 is 5.73 Å². The Bertz CT molecular complexity index is 383. The van der Waals surface area contributed by atoms with Crippen molar-refractivity contribution in [2.75, 3.05) is 0 Å². The number of hydrogen-bond acceptors (Lipinski definition) is 2. The van der Waals surface area contributed by atoms with E-state index < -0.39 is 17.7 Å². The van der Waals surface area contributed by atoms with Crippen molar-refractivity contribution in [3.8, 4) is 0 Å². The van der Waals surface area contributed by atoms with Crippen LogP contribution >= 0.6 is 11.6 Å². The number of carboxylic acids is 1. The summed E-state index contributed by atoms with van der Waals surface area (Å²) in [6.07, 6.45) is -1.74. The second kappa shape index (κ2) is 4.16. The fraction of sp³-hybridized carbons (Fsp3) is 0.300. The Labute approximate surface area is 91.7 Å². The molecule has 0 aliphatic heterocycles. The predicted octanol–water partition coefficient (Wildman–Crippen LogP) is 1.94. The van der Waals surface area contributed by atoms with Crippen LogP contribution in [0.5, 0.6) is 0 Å². The number of rotatable bonds is 3. The van der Waals surface area contributed by atoms with Crippen molar-refractivity contribution < 1.29 is 14.3 Å². The number of carbonyl (C=O) groups is 1. The highest BCUT2D eigenvalue weighted by Crippen LogP contribution is 2.30. The Morgan fingerprint density at radius 2 is 2.13 bits per heavy atom. The summed E-state index contributed by atoms with van der Waals surface area (Å²) in [6.45, 7) is 1.09. The van der Waals surface area contributed by atoms with E-state index in [1.165, 1.54) is 12.1 Å². The van der Waals surface area contributed by atoms with Gasteiger partial charge in [-0.2, -0.15) is 0 Å². The summed E-state index contributed by atoms with van der Waals surface area (Å²) in [7, 11) is 0. The lowest BCUT2D eigenvalue weighted by atomic mass is 9.87. The van der Waals surface area contributed by atoms with Crippen molar-refractivity contribution in [2.24, 2.45) is 5.73 Å². The van der Waals surface area contributed by atoms with Crippen LogP contribution in [-0.2, 0) is 10.3 Å². The van der Waals surface area contributed by atoms with Gasteiger partial charge in [0.05, 0.1) is 0 Å². The van der Waals surface area contributed by atoms with Gasteiger partial charge in [0, 0.05) is 10.6 Å². The minimum absolute atomic E-state index is 0.0779. The zero-order valence-electron chi connectivity index (χ0n) is 8.08. The number of alkyl halides is 1. The molecule has 5 heteroatoms. The Kier molecular flexibility index (Phi) is 3.31. The van der Waals surface area contributed by atoms with Gasteiger partial charge in [-0.15, -0.1) is 0 Å². The molecule has 2 atom stereocenters. The molecule has 1 rings (SSSR count). The molecule has 3 nitrogen and oxygen atoms in total. The van der Waals surface area contributed by atoms with Gasteiger partial charge in [0.25, 0.3) is 0 Å². The van der Waals surface area contributed by atoms with E-state index in [4.69, 9.17) is 22.4 Å². The van der Waals surface area contributed by atoms with Crippen molar-refractivity contribution >= 4 is 17.6 Å². The van der Waals surface area contributed by atoms with Gasteiger partial charge in [0.1, 0.15) is 6.17 Å². The lowest BCUT2D eigenvalue weighted by Crippen LogP contribution is -2.51. The Hall–Kier alpha value is -1.13. The fourth-order valence-corrected chi connectivity index (χ4v) is 1.59. The minimum atomic E-state index is -2.10. The molecule has 15 heavy (non-hydrogen) atoms. The molecule has 1 aromatic rings. The molecule has 0 aliphatic rings. The van der Waals surface area contributed by atoms with E-state index in [0.29, 0.717) is 0 Å². The predicted molar refractivity (Wildman–Crippen MR) is 55.5 cm³/mol. The summed E-state index contributed by atoms with van der Waals surface area (Å²) in [6, 6.07) is 6.07. The summed E-state index contributed by atoms with van der Waals surface area (Å²) >= 11 is 5.79. The van der Waals surface area contributed by atoms with Crippen molar-refractivity contribution in [3.05, 3.63) is 34.9 Å². The lowest BCUT2D eigenvalue weighted by molar-refractivity contribution is -0.146. The largest absolute Gasteiger partial charge is 0.480 e. The minimum Gasteiger partial charge on any atom is -0.480 e. The molecule has 0 saturated carbocycles. The molecule has 0 saturated heterocycles. The SMILES string of the molecule is CC(F)C(N)(C(=O)O)c1ccccc1Cl. The molecule has 0 aromatic heterocycles. The first kappa shape index (κ1) is 11.9. The van der Waals surface area contributed by atoms with E-state index >= 15 is 0 Å². The number of halogens is 2. The second-order valence-corrected chi connectivity index (χ2v) is 3.68. The van der Waals surface area contributed by atoms with Crippen LogP contribution in [0.1, 0.15) is 12.5 Å². The van der Waals surface area contributed by atoms with Crippen molar-refractivity contribution in [2.45, 2.75) is 18.6 Å². The molecule has 0 amide bonds. The molecule has 0 spiro atoms. The quantitative estimate of drug-likeness (QED) is 0.836. The Morgan fingerprint density at radius 3 is 2.53 bits per heavy atom. The summed E-state index contributed by atoms with van der Waals surface area (Å²) in [5, 5.41) is 9.10. The highest BCUT2D eigenvalue weighted by atomic mass is 35.5. The molecule has 0 bridgehead atoms. The third kappa shape index (κ3) is 1.96. The molecule has 0 heterocycles. The first-order valence-corrected chi connectivity index (χ1v) is 4.69. The topological polar surface area (TPSA) is 63.3 Å². The molecule has 1 aromatic carbocycles. The highest BCUT2D eigenvalue weighted by Gasteiger charge is 2.43. The van der Waals surface area contributed by atoms with Crippen LogP contribution in [0, 0.1) is 0 Å². The normalized spacial score (nSPS) is 16.8. The van der Waals surface area contributed by atoms with Crippen LogP contribution in [-0.4, -0.2) is 17.2 Å². The second-order valence-electron chi connectivity index (χ2n) is 3.27. The molecule has 0 radical (unpaired) electrons. The van der Waals surface area contributed by atoms with E-state index in [1.807, 2.05) is 0 Å². The van der Waals surface area contributed by atoms with Gasteiger partial charge in [-0.05, 0) is 13.0 Å². The van der Waals surface area contributed by atoms with E-state index in [9.17, 15) is 9.18 Å². The average molecular weight is 232 g/mol. The summed E-state index contributed by atoms with van der Waals surface area (Å²) in [5.41, 5.74) is 3.53. The van der Waals surface area contributed by atoms with Crippen molar-refractivity contribution in [3.63, 3.8) is 0 Å². The van der Waals surface area contributed by atoms with E-state index in [-0.39, 0.29) is 10.6 Å². The number of nitrogens with two attached hydrogens (primary N) is 1. The van der Waals surface area contributed by atoms with E-state index in [1.54, 1.807) is 12.1 Å². The van der Waals surface area contributed by atoms with E-state index in [0.717, 1.165) is 6.92 Å². The number of carboxylic acid groups (broad SMARTS) is 1. The van der Waals surface area contributed by atoms with Gasteiger partial charge in [-0.25, -0.2) is 9.18 Å². The average Bonchev–Trinajstić information content (AvgIpc) is 2.16. The van der Waals surface area contributed by atoms with Gasteiger partial charge < -0.3 is 10.8 Å². The van der Waals surface area contributed by atoms with Gasteiger partial charge in [0.2, 0.25) is 0 Å². The fourth-order valence-electron chi connectivity index (χ4n) is 1.30. The zero-order valence-corrected chi connectivity index (χ0v) is 8.83. The number of hydrogen-bond donors (Lipinski definition) is 2. The summed E-state index contributed by atoms with van der Waals surface area (Å²) in [4.78, 5) is 11.0. The van der Waals surface area contributed by atoms with Crippen LogP contribution in [0.25, 0.3) is 0 Å². The smallest absolute Gasteiger partial charge is 0.331 e. The standard InChI is InChI=1S/C10H11ClFNO2/c1-6(12)10(13,9(14)15)7-4-2-3-5-8(7)11/h2-6H,13H2,1H3,(H,14,15). The van der Waals surface area contributed by atoms with Gasteiger partial charge in [0.15, 0.2) is 5.54 Å². The van der Waals surface area contributed by atoms with Crippen molar-refractivity contribution in [1.29, 1.82) is 0 Å². The van der Waals surface area contributed by atoms with Gasteiger partial charge >= 0.3 is 5.97 Å². The molecule has 0 aliphatic carbocycles. The maximum Gasteiger partial charge on any atom is 0.331 e. The van der Waals surface area contributed by atoms with Crippen LogP contribution in [0.4, 0.5) is 4.39 Å². The number of benzene rings is 1. The molecule has 0 fully saturated rings. The first-order chi connectivity index (χ1) is 6.90. The molecule has 2 unspecified atom stereocenters. The third-order valence-electron chi connectivity index (χ3n) is 2.30. The molecular weight excluding hydrogens is 221 g/mol. The van der Waals surface area contributed by atoms with Crippen LogP contribution in [0.3, 0.4) is 0 Å². The maximum absolute atomic E-state index is 13.3. The summed E-state index contributed by atoms with van der Waals surface area (Å²) < 4.78 is 13.3. The monoisotopic (exact) mass is 231 g/mol. The Balaban J connectivity index is 3.34. The van der Waals surface area contributed by atoms with Gasteiger partial charge in [-0.1, -0.05) is 29.8 Å². The van der Waals surface area contributed by atoms with Crippen molar-refractivity contribution in [1.82, 2.24) is 0 Å². The zero-order chi connectivity index (χ0) is 11.6. The molecular formula is C10H11ClFNO2. The maximum atomic E-state index is 13.3.